The van der Waals surface area contributed by atoms with Crippen LogP contribution in [0.25, 0.3) is 12.2 Å². The van der Waals surface area contributed by atoms with E-state index in [4.69, 9.17) is 23.2 Å². The normalized spacial score (nSPS) is 18.8. The summed E-state index contributed by atoms with van der Waals surface area (Å²) in [6.07, 6.45) is 7.67. The lowest BCUT2D eigenvalue weighted by atomic mass is 9.98. The molecule has 1 fully saturated rings. The number of halogens is 2. The van der Waals surface area contributed by atoms with Crippen LogP contribution in [0.3, 0.4) is 0 Å². The van der Waals surface area contributed by atoms with Crippen molar-refractivity contribution in [2.24, 2.45) is 0 Å². The van der Waals surface area contributed by atoms with E-state index in [0.717, 1.165) is 48.0 Å². The maximum Gasteiger partial charge on any atom is 0.185 e. The number of rotatable bonds is 2. The fraction of sp³-hybridized carbons (Fsp3) is 0.190. The molecule has 0 atom stereocenters. The average molecular weight is 357 g/mol. The fourth-order valence-electron chi connectivity index (χ4n) is 2.86. The summed E-state index contributed by atoms with van der Waals surface area (Å²) in [5.74, 6) is 0.150. The van der Waals surface area contributed by atoms with Crippen molar-refractivity contribution >= 4 is 41.1 Å². The lowest BCUT2D eigenvalue weighted by molar-refractivity contribution is -0.112. The van der Waals surface area contributed by atoms with Gasteiger partial charge in [-0.15, -0.1) is 0 Å². The first-order valence-electron chi connectivity index (χ1n) is 8.09. The second-order valence-corrected chi connectivity index (χ2v) is 6.85. The number of ketones is 1. The molecule has 1 nitrogen and oxygen atoms in total. The van der Waals surface area contributed by atoms with Crippen LogP contribution in [-0.2, 0) is 4.79 Å². The number of Topliss-reactive ketones (excluding diaryl/α,β-unsaturated/α-hetero) is 1. The number of hydrogen-bond acceptors (Lipinski definition) is 1. The molecular formula is C21H18Cl2O. The maximum atomic E-state index is 12.9. The van der Waals surface area contributed by atoms with Gasteiger partial charge in [0.05, 0.1) is 0 Å². The maximum absolute atomic E-state index is 12.9. The lowest BCUT2D eigenvalue weighted by Crippen LogP contribution is -2.03. The largest absolute Gasteiger partial charge is 0.289 e. The standard InChI is InChI=1S/C21H18Cl2O/c22-19-9-5-15(6-10-19)13-17-3-1-2-4-18(21(17)24)14-16-7-11-20(23)12-8-16/h5-14H,1-4H2/b17-13+,18-14+. The van der Waals surface area contributed by atoms with E-state index in [2.05, 4.69) is 0 Å². The second kappa shape index (κ2) is 7.83. The summed E-state index contributed by atoms with van der Waals surface area (Å²) >= 11 is 11.9. The lowest BCUT2D eigenvalue weighted by Gasteiger charge is -2.06. The van der Waals surface area contributed by atoms with Crippen LogP contribution in [-0.4, -0.2) is 5.78 Å². The Hall–Kier alpha value is -1.83. The Bertz CT molecular complexity index is 716. The first-order chi connectivity index (χ1) is 11.6. The molecule has 3 rings (SSSR count). The number of hydrogen-bond donors (Lipinski definition) is 0. The van der Waals surface area contributed by atoms with E-state index in [9.17, 15) is 4.79 Å². The van der Waals surface area contributed by atoms with Gasteiger partial charge >= 0.3 is 0 Å². The summed E-state index contributed by atoms with van der Waals surface area (Å²) in [4.78, 5) is 12.9. The van der Waals surface area contributed by atoms with Crippen LogP contribution >= 0.6 is 23.2 Å². The SMILES string of the molecule is O=C1/C(=C/c2ccc(Cl)cc2)CCCC/C1=C\c1ccc(Cl)cc1. The van der Waals surface area contributed by atoms with E-state index in [1.54, 1.807) is 0 Å². The molecule has 0 N–H and O–H groups in total. The molecule has 0 unspecified atom stereocenters. The molecule has 2 aromatic rings. The van der Waals surface area contributed by atoms with E-state index in [0.29, 0.717) is 10.0 Å². The monoisotopic (exact) mass is 356 g/mol. The van der Waals surface area contributed by atoms with Crippen molar-refractivity contribution in [2.45, 2.75) is 25.7 Å². The summed E-state index contributed by atoms with van der Waals surface area (Å²) in [5, 5.41) is 1.40. The van der Waals surface area contributed by atoms with Crippen molar-refractivity contribution in [3.63, 3.8) is 0 Å². The van der Waals surface area contributed by atoms with Gasteiger partial charge in [-0.2, -0.15) is 0 Å². The van der Waals surface area contributed by atoms with Gasteiger partial charge in [-0.05, 0) is 73.2 Å². The smallest absolute Gasteiger partial charge is 0.185 e. The van der Waals surface area contributed by atoms with Crippen LogP contribution in [0.1, 0.15) is 36.8 Å². The third-order valence-electron chi connectivity index (χ3n) is 4.15. The highest BCUT2D eigenvalue weighted by Crippen LogP contribution is 2.27. The van der Waals surface area contributed by atoms with Crippen LogP contribution in [0.5, 0.6) is 0 Å². The molecular weight excluding hydrogens is 339 g/mol. The number of benzene rings is 2. The third kappa shape index (κ3) is 4.37. The van der Waals surface area contributed by atoms with Crippen molar-refractivity contribution in [3.05, 3.63) is 80.8 Å². The van der Waals surface area contributed by atoms with E-state index in [1.807, 2.05) is 60.7 Å². The second-order valence-electron chi connectivity index (χ2n) is 5.98. The van der Waals surface area contributed by atoms with Crippen molar-refractivity contribution < 1.29 is 4.79 Å². The van der Waals surface area contributed by atoms with Crippen molar-refractivity contribution in [3.8, 4) is 0 Å². The van der Waals surface area contributed by atoms with Gasteiger partial charge in [-0.1, -0.05) is 47.5 Å². The number of allylic oxidation sites excluding steroid dienone is 2. The van der Waals surface area contributed by atoms with E-state index >= 15 is 0 Å². The topological polar surface area (TPSA) is 17.1 Å². The van der Waals surface area contributed by atoms with Crippen molar-refractivity contribution in [1.29, 1.82) is 0 Å². The van der Waals surface area contributed by atoms with Gasteiger partial charge in [0.2, 0.25) is 0 Å². The molecule has 2 aromatic carbocycles. The van der Waals surface area contributed by atoms with E-state index < -0.39 is 0 Å². The summed E-state index contributed by atoms with van der Waals surface area (Å²) in [5.41, 5.74) is 3.76. The van der Waals surface area contributed by atoms with Crippen LogP contribution in [0.4, 0.5) is 0 Å². The molecule has 0 aliphatic heterocycles. The van der Waals surface area contributed by atoms with Crippen molar-refractivity contribution in [2.75, 3.05) is 0 Å². The van der Waals surface area contributed by atoms with Crippen LogP contribution < -0.4 is 0 Å². The Morgan fingerprint density at radius 3 is 1.42 bits per heavy atom. The molecule has 1 saturated carbocycles. The predicted octanol–water partition coefficient (Wildman–Crippen LogP) is 6.60. The quantitative estimate of drug-likeness (QED) is 0.437. The minimum absolute atomic E-state index is 0.150. The number of carbonyl (C=O) groups excluding carboxylic acids is 1. The minimum atomic E-state index is 0.150. The average Bonchev–Trinajstić information content (AvgIpc) is 2.75. The molecule has 0 aromatic heterocycles. The van der Waals surface area contributed by atoms with Gasteiger partial charge in [0.25, 0.3) is 0 Å². The molecule has 0 amide bonds. The Balaban J connectivity index is 1.90. The van der Waals surface area contributed by atoms with Gasteiger partial charge in [-0.3, -0.25) is 4.79 Å². The Morgan fingerprint density at radius 1 is 0.667 bits per heavy atom. The summed E-state index contributed by atoms with van der Waals surface area (Å²) < 4.78 is 0. The molecule has 24 heavy (non-hydrogen) atoms. The van der Waals surface area contributed by atoms with Gasteiger partial charge in [0, 0.05) is 21.2 Å². The van der Waals surface area contributed by atoms with E-state index in [1.165, 1.54) is 0 Å². The molecule has 0 heterocycles. The third-order valence-corrected chi connectivity index (χ3v) is 4.65. The van der Waals surface area contributed by atoms with Crippen LogP contribution in [0.2, 0.25) is 10.0 Å². The molecule has 1 aliphatic rings. The summed E-state index contributed by atoms with van der Waals surface area (Å²) in [7, 11) is 0. The summed E-state index contributed by atoms with van der Waals surface area (Å²) in [6, 6.07) is 15.1. The summed E-state index contributed by atoms with van der Waals surface area (Å²) in [6.45, 7) is 0. The van der Waals surface area contributed by atoms with Gasteiger partial charge in [0.15, 0.2) is 5.78 Å². The zero-order valence-electron chi connectivity index (χ0n) is 13.3. The molecule has 0 radical (unpaired) electrons. The highest BCUT2D eigenvalue weighted by Gasteiger charge is 2.18. The highest BCUT2D eigenvalue weighted by atomic mass is 35.5. The molecule has 1 aliphatic carbocycles. The zero-order valence-corrected chi connectivity index (χ0v) is 14.8. The minimum Gasteiger partial charge on any atom is -0.289 e. The van der Waals surface area contributed by atoms with E-state index in [-0.39, 0.29) is 5.78 Å². The zero-order chi connectivity index (χ0) is 16.9. The van der Waals surface area contributed by atoms with Crippen molar-refractivity contribution in [1.82, 2.24) is 0 Å². The Morgan fingerprint density at radius 2 is 1.04 bits per heavy atom. The fourth-order valence-corrected chi connectivity index (χ4v) is 3.11. The van der Waals surface area contributed by atoms with Gasteiger partial charge in [0.1, 0.15) is 0 Å². The molecule has 3 heteroatoms. The number of carbonyl (C=O) groups is 1. The molecule has 0 saturated heterocycles. The molecule has 0 spiro atoms. The van der Waals surface area contributed by atoms with Crippen LogP contribution in [0.15, 0.2) is 59.7 Å². The first kappa shape index (κ1) is 17.0. The van der Waals surface area contributed by atoms with Gasteiger partial charge < -0.3 is 0 Å². The Kier molecular flexibility index (Phi) is 5.55. The highest BCUT2D eigenvalue weighted by molar-refractivity contribution is 6.30. The van der Waals surface area contributed by atoms with Gasteiger partial charge in [-0.25, -0.2) is 0 Å². The first-order valence-corrected chi connectivity index (χ1v) is 8.84. The van der Waals surface area contributed by atoms with Crippen LogP contribution in [0, 0.1) is 0 Å². The Labute approximate surface area is 152 Å². The predicted molar refractivity (Wildman–Crippen MR) is 102 cm³/mol. The molecule has 122 valence electrons. The molecule has 0 bridgehead atoms.